The van der Waals surface area contributed by atoms with Crippen LogP contribution in [0.4, 0.5) is 5.69 Å². The Balaban J connectivity index is 2.66. The first-order chi connectivity index (χ1) is 9.31. The van der Waals surface area contributed by atoms with Crippen molar-refractivity contribution in [2.45, 2.75) is 32.9 Å². The van der Waals surface area contributed by atoms with Gasteiger partial charge in [-0.1, -0.05) is 29.8 Å². The Hall–Kier alpha value is -0.980. The Morgan fingerprint density at radius 2 is 2.10 bits per heavy atom. The summed E-state index contributed by atoms with van der Waals surface area (Å²) in [5, 5.41) is 11.1. The Morgan fingerprint density at radius 1 is 1.45 bits per heavy atom. The van der Waals surface area contributed by atoms with Crippen molar-refractivity contribution < 1.29 is 4.92 Å². The zero-order valence-corrected chi connectivity index (χ0v) is 13.8. The van der Waals surface area contributed by atoms with Crippen molar-refractivity contribution in [1.29, 1.82) is 0 Å². The number of hydrogen-bond acceptors (Lipinski definition) is 4. The maximum atomic E-state index is 11.1. The third-order valence-electron chi connectivity index (χ3n) is 3.38. The van der Waals surface area contributed by atoms with E-state index in [2.05, 4.69) is 34.7 Å². The SMILES string of the molecule is CC(C)C(N)CCN(C)Cc1ccc(Br)cc1[N+](=O)[O-]. The molecule has 1 unspecified atom stereocenters. The molecule has 0 radical (unpaired) electrons. The van der Waals surface area contributed by atoms with Gasteiger partial charge >= 0.3 is 0 Å². The molecule has 0 saturated carbocycles. The van der Waals surface area contributed by atoms with Gasteiger partial charge in [0.2, 0.25) is 0 Å². The van der Waals surface area contributed by atoms with Crippen LogP contribution in [-0.4, -0.2) is 29.5 Å². The van der Waals surface area contributed by atoms with E-state index in [1.54, 1.807) is 12.1 Å². The second kappa shape index (κ2) is 7.71. The molecule has 1 atom stereocenters. The number of nitro groups is 1. The number of nitrogens with zero attached hydrogens (tertiary/aromatic N) is 2. The van der Waals surface area contributed by atoms with Gasteiger partial charge in [-0.25, -0.2) is 0 Å². The normalized spacial score (nSPS) is 12.9. The minimum Gasteiger partial charge on any atom is -0.327 e. The monoisotopic (exact) mass is 343 g/mol. The predicted octanol–water partition coefficient (Wildman–Crippen LogP) is 3.16. The highest BCUT2D eigenvalue weighted by Gasteiger charge is 2.16. The molecule has 20 heavy (non-hydrogen) atoms. The lowest BCUT2D eigenvalue weighted by Gasteiger charge is -2.21. The maximum Gasteiger partial charge on any atom is 0.275 e. The van der Waals surface area contributed by atoms with Crippen molar-refractivity contribution in [2.75, 3.05) is 13.6 Å². The Kier molecular flexibility index (Phi) is 6.58. The summed E-state index contributed by atoms with van der Waals surface area (Å²) in [6.07, 6.45) is 0.887. The maximum absolute atomic E-state index is 11.1. The van der Waals surface area contributed by atoms with Gasteiger partial charge in [-0.2, -0.15) is 0 Å². The van der Waals surface area contributed by atoms with Crippen LogP contribution in [0.1, 0.15) is 25.8 Å². The molecule has 112 valence electrons. The molecular formula is C14H22BrN3O2. The van der Waals surface area contributed by atoms with Crippen molar-refractivity contribution in [3.8, 4) is 0 Å². The van der Waals surface area contributed by atoms with Crippen LogP contribution in [0.15, 0.2) is 22.7 Å². The van der Waals surface area contributed by atoms with E-state index < -0.39 is 0 Å². The molecule has 0 saturated heterocycles. The van der Waals surface area contributed by atoms with Crippen molar-refractivity contribution >= 4 is 21.6 Å². The van der Waals surface area contributed by atoms with Crippen LogP contribution in [0.2, 0.25) is 0 Å². The molecule has 0 heterocycles. The Labute approximate surface area is 128 Å². The fraction of sp³-hybridized carbons (Fsp3) is 0.571. The van der Waals surface area contributed by atoms with Gasteiger partial charge in [0.1, 0.15) is 0 Å². The molecule has 1 aromatic carbocycles. The second-order valence-electron chi connectivity index (χ2n) is 5.46. The zero-order chi connectivity index (χ0) is 15.3. The molecule has 0 bridgehead atoms. The number of benzene rings is 1. The summed E-state index contributed by atoms with van der Waals surface area (Å²) < 4.78 is 0.720. The van der Waals surface area contributed by atoms with Crippen LogP contribution < -0.4 is 5.73 Å². The number of nitro benzene ring substituents is 1. The molecule has 2 N–H and O–H groups in total. The van der Waals surface area contributed by atoms with E-state index in [1.807, 2.05) is 13.1 Å². The number of nitrogens with two attached hydrogens (primary N) is 1. The summed E-state index contributed by atoms with van der Waals surface area (Å²) in [6.45, 7) is 5.58. The minimum atomic E-state index is -0.339. The van der Waals surface area contributed by atoms with E-state index in [4.69, 9.17) is 5.73 Å². The fourth-order valence-electron chi connectivity index (χ4n) is 1.91. The lowest BCUT2D eigenvalue weighted by molar-refractivity contribution is -0.385. The van der Waals surface area contributed by atoms with Crippen molar-refractivity contribution in [2.24, 2.45) is 11.7 Å². The van der Waals surface area contributed by atoms with Gasteiger partial charge in [0.25, 0.3) is 5.69 Å². The van der Waals surface area contributed by atoms with E-state index in [9.17, 15) is 10.1 Å². The van der Waals surface area contributed by atoms with Crippen LogP contribution >= 0.6 is 15.9 Å². The van der Waals surface area contributed by atoms with E-state index in [1.165, 1.54) is 0 Å². The molecule has 0 aromatic heterocycles. The third kappa shape index (κ3) is 5.19. The predicted molar refractivity (Wildman–Crippen MR) is 84.6 cm³/mol. The standard InChI is InChI=1S/C14H22BrN3O2/c1-10(2)13(16)6-7-17(3)9-11-4-5-12(15)8-14(11)18(19)20/h4-5,8,10,13H,6-7,9,16H2,1-3H3. The molecular weight excluding hydrogens is 322 g/mol. The first-order valence-corrected chi connectivity index (χ1v) is 7.47. The molecule has 6 heteroatoms. The number of rotatable bonds is 7. The van der Waals surface area contributed by atoms with E-state index in [0.717, 1.165) is 23.0 Å². The molecule has 0 amide bonds. The van der Waals surface area contributed by atoms with Crippen LogP contribution in [0.3, 0.4) is 0 Å². The summed E-state index contributed by atoms with van der Waals surface area (Å²) in [5.74, 6) is 0.449. The van der Waals surface area contributed by atoms with Gasteiger partial charge in [0.05, 0.1) is 4.92 Å². The molecule has 0 spiro atoms. The van der Waals surface area contributed by atoms with E-state index in [-0.39, 0.29) is 16.7 Å². The average Bonchev–Trinajstić information content (AvgIpc) is 2.37. The van der Waals surface area contributed by atoms with Crippen molar-refractivity contribution in [3.63, 3.8) is 0 Å². The minimum absolute atomic E-state index is 0.152. The summed E-state index contributed by atoms with van der Waals surface area (Å²) in [4.78, 5) is 12.8. The second-order valence-corrected chi connectivity index (χ2v) is 6.38. The molecule has 1 aromatic rings. The molecule has 1 rings (SSSR count). The topological polar surface area (TPSA) is 72.4 Å². The Morgan fingerprint density at radius 3 is 2.65 bits per heavy atom. The van der Waals surface area contributed by atoms with Gasteiger partial charge < -0.3 is 10.6 Å². The molecule has 0 aliphatic carbocycles. The van der Waals surface area contributed by atoms with Gasteiger partial charge in [-0.05, 0) is 38.1 Å². The first-order valence-electron chi connectivity index (χ1n) is 6.68. The third-order valence-corrected chi connectivity index (χ3v) is 3.88. The largest absolute Gasteiger partial charge is 0.327 e. The molecule has 5 nitrogen and oxygen atoms in total. The van der Waals surface area contributed by atoms with E-state index >= 15 is 0 Å². The number of hydrogen-bond donors (Lipinski definition) is 1. The van der Waals surface area contributed by atoms with Gasteiger partial charge in [0.15, 0.2) is 0 Å². The van der Waals surface area contributed by atoms with Crippen LogP contribution in [0.5, 0.6) is 0 Å². The summed E-state index contributed by atoms with van der Waals surface area (Å²) in [5.41, 5.74) is 6.89. The lowest BCUT2D eigenvalue weighted by Crippen LogP contribution is -2.31. The molecule has 0 aliphatic heterocycles. The summed E-state index contributed by atoms with van der Waals surface area (Å²) in [7, 11) is 1.96. The van der Waals surface area contributed by atoms with Gasteiger partial charge in [-0.15, -0.1) is 0 Å². The number of halogens is 1. The van der Waals surface area contributed by atoms with Gasteiger partial charge in [-0.3, -0.25) is 10.1 Å². The van der Waals surface area contributed by atoms with Crippen LogP contribution in [0, 0.1) is 16.0 Å². The Bertz CT molecular complexity index is 466. The zero-order valence-electron chi connectivity index (χ0n) is 12.2. The van der Waals surface area contributed by atoms with Crippen LogP contribution in [0.25, 0.3) is 0 Å². The highest BCUT2D eigenvalue weighted by molar-refractivity contribution is 9.10. The lowest BCUT2D eigenvalue weighted by atomic mass is 10.0. The van der Waals surface area contributed by atoms with Crippen LogP contribution in [-0.2, 0) is 6.54 Å². The van der Waals surface area contributed by atoms with Crippen molar-refractivity contribution in [3.05, 3.63) is 38.3 Å². The fourth-order valence-corrected chi connectivity index (χ4v) is 2.26. The highest BCUT2D eigenvalue weighted by Crippen LogP contribution is 2.24. The van der Waals surface area contributed by atoms with Gasteiger partial charge in [0, 0.05) is 28.7 Å². The quantitative estimate of drug-likeness (QED) is 0.609. The first kappa shape index (κ1) is 17.1. The average molecular weight is 344 g/mol. The smallest absolute Gasteiger partial charge is 0.275 e. The highest BCUT2D eigenvalue weighted by atomic mass is 79.9. The summed E-state index contributed by atoms with van der Waals surface area (Å²) >= 11 is 3.26. The van der Waals surface area contributed by atoms with Crippen molar-refractivity contribution in [1.82, 2.24) is 4.90 Å². The molecule has 0 fully saturated rings. The molecule has 0 aliphatic rings. The summed E-state index contributed by atoms with van der Waals surface area (Å²) in [6, 6.07) is 5.33. The van der Waals surface area contributed by atoms with E-state index in [0.29, 0.717) is 12.5 Å².